The molecule has 8 heteroatoms. The first-order valence-corrected chi connectivity index (χ1v) is 7.83. The molecule has 0 saturated carbocycles. The first kappa shape index (κ1) is 14.1. The van der Waals surface area contributed by atoms with Crippen molar-refractivity contribution in [2.45, 2.75) is 17.7 Å². The average molecular weight is 278 g/mol. The van der Waals surface area contributed by atoms with E-state index in [1.165, 1.54) is 12.1 Å². The van der Waals surface area contributed by atoms with E-state index >= 15 is 0 Å². The summed E-state index contributed by atoms with van der Waals surface area (Å²) in [5.41, 5.74) is 0.388. The molecule has 0 heterocycles. The van der Waals surface area contributed by atoms with Crippen molar-refractivity contribution in [3.63, 3.8) is 0 Å². The van der Waals surface area contributed by atoms with Crippen molar-refractivity contribution in [3.8, 4) is 0 Å². The Morgan fingerprint density at radius 1 is 1.29 bits per heavy atom. The van der Waals surface area contributed by atoms with Crippen LogP contribution < -0.4 is 5.14 Å². The monoisotopic (exact) mass is 278 g/mol. The average Bonchev–Trinajstić information content (AvgIpc) is 2.15. The molecule has 0 aliphatic carbocycles. The van der Waals surface area contributed by atoms with Gasteiger partial charge in [-0.1, -0.05) is 18.2 Å². The third-order valence-electron chi connectivity index (χ3n) is 2.03. The minimum Gasteiger partial charge on any atom is -0.286 e. The molecule has 0 amide bonds. The largest absolute Gasteiger partial charge is 0.286 e. The second kappa shape index (κ2) is 5.13. The van der Waals surface area contributed by atoms with E-state index in [1.54, 1.807) is 6.07 Å². The summed E-state index contributed by atoms with van der Waals surface area (Å²) in [6.07, 6.45) is 0.294. The van der Waals surface area contributed by atoms with Gasteiger partial charge in [-0.05, 0) is 18.4 Å². The second-order valence-electron chi connectivity index (χ2n) is 3.46. The highest BCUT2D eigenvalue weighted by Gasteiger charge is 2.14. The quantitative estimate of drug-likeness (QED) is 0.733. The molecular formula is C9H12NO5S2. The Hall–Kier alpha value is -0.960. The van der Waals surface area contributed by atoms with Crippen molar-refractivity contribution in [1.29, 1.82) is 0 Å². The van der Waals surface area contributed by atoms with Crippen LogP contribution in [0.3, 0.4) is 0 Å². The maximum atomic E-state index is 11.2. The first-order chi connectivity index (χ1) is 7.70. The van der Waals surface area contributed by atoms with Crippen LogP contribution >= 0.6 is 0 Å². The summed E-state index contributed by atoms with van der Waals surface area (Å²) < 4.78 is 51.9. The summed E-state index contributed by atoms with van der Waals surface area (Å²) in [6, 6.07) is 7.02. The molecular weight excluding hydrogens is 266 g/mol. The van der Waals surface area contributed by atoms with Crippen molar-refractivity contribution < 1.29 is 21.4 Å². The van der Waals surface area contributed by atoms with Crippen LogP contribution in [0.2, 0.25) is 0 Å². The Morgan fingerprint density at radius 2 is 1.94 bits per heavy atom. The molecule has 95 valence electrons. The standard InChI is InChI=1S/C9H12NO5S2/c10-17(14,15)9-6-2-1-4-8(9)5-3-7-16(11,12)13/h1-2,4H,3,5,7H2,(H2,10,14,15)(H,11,12,13). The van der Waals surface area contributed by atoms with Crippen molar-refractivity contribution in [1.82, 2.24) is 0 Å². The van der Waals surface area contributed by atoms with Crippen molar-refractivity contribution in [3.05, 3.63) is 29.8 Å². The van der Waals surface area contributed by atoms with Gasteiger partial charge in [-0.25, -0.2) is 13.6 Å². The summed E-state index contributed by atoms with van der Waals surface area (Å²) in [6.45, 7) is 0. The molecule has 0 aliphatic rings. The molecule has 0 fully saturated rings. The van der Waals surface area contributed by atoms with Gasteiger partial charge in [0.15, 0.2) is 0 Å². The zero-order chi connectivity index (χ0) is 13.1. The van der Waals surface area contributed by atoms with E-state index in [2.05, 4.69) is 6.07 Å². The summed E-state index contributed by atoms with van der Waals surface area (Å²) in [5, 5.41) is 4.99. The van der Waals surface area contributed by atoms with Gasteiger partial charge in [0.2, 0.25) is 10.0 Å². The van der Waals surface area contributed by atoms with E-state index in [9.17, 15) is 16.8 Å². The van der Waals surface area contributed by atoms with Crippen LogP contribution in [-0.4, -0.2) is 27.1 Å². The normalized spacial score (nSPS) is 12.6. The van der Waals surface area contributed by atoms with E-state index in [-0.39, 0.29) is 17.7 Å². The number of primary sulfonamides is 1. The van der Waals surface area contributed by atoms with Crippen LogP contribution in [0.1, 0.15) is 12.0 Å². The van der Waals surface area contributed by atoms with E-state index in [0.717, 1.165) is 0 Å². The summed E-state index contributed by atoms with van der Waals surface area (Å²) in [7, 11) is -7.90. The van der Waals surface area contributed by atoms with Gasteiger partial charge in [0.25, 0.3) is 10.1 Å². The third kappa shape index (κ3) is 4.82. The molecule has 0 atom stereocenters. The summed E-state index contributed by atoms with van der Waals surface area (Å²) >= 11 is 0. The number of rotatable bonds is 5. The number of nitrogens with two attached hydrogens (primary N) is 1. The highest BCUT2D eigenvalue weighted by atomic mass is 32.2. The maximum Gasteiger partial charge on any atom is 0.264 e. The van der Waals surface area contributed by atoms with E-state index < -0.39 is 25.9 Å². The van der Waals surface area contributed by atoms with Gasteiger partial charge in [0.05, 0.1) is 10.6 Å². The summed E-state index contributed by atoms with van der Waals surface area (Å²) in [5.74, 6) is -0.425. The SMILES string of the molecule is NS(=O)(=O)c1[c]cccc1CCCS(=O)(=O)O. The number of benzene rings is 1. The van der Waals surface area contributed by atoms with Crippen molar-refractivity contribution in [2.75, 3.05) is 5.75 Å². The van der Waals surface area contributed by atoms with Gasteiger partial charge in [0.1, 0.15) is 0 Å². The molecule has 1 aromatic rings. The fourth-order valence-electron chi connectivity index (χ4n) is 1.36. The predicted octanol–water partition coefficient (Wildman–Crippen LogP) is -0.0454. The second-order valence-corrected chi connectivity index (χ2v) is 6.53. The topological polar surface area (TPSA) is 115 Å². The smallest absolute Gasteiger partial charge is 0.264 e. The Balaban J connectivity index is 2.86. The molecule has 17 heavy (non-hydrogen) atoms. The molecule has 1 rings (SSSR count). The van der Waals surface area contributed by atoms with E-state index in [4.69, 9.17) is 9.69 Å². The highest BCUT2D eigenvalue weighted by Crippen LogP contribution is 2.15. The number of sulfonamides is 1. The number of hydrogen-bond donors (Lipinski definition) is 2. The van der Waals surface area contributed by atoms with E-state index in [0.29, 0.717) is 5.56 Å². The van der Waals surface area contributed by atoms with Crippen LogP contribution in [-0.2, 0) is 26.6 Å². The first-order valence-electron chi connectivity index (χ1n) is 4.68. The van der Waals surface area contributed by atoms with Gasteiger partial charge in [-0.3, -0.25) is 4.55 Å². The highest BCUT2D eigenvalue weighted by molar-refractivity contribution is 7.89. The maximum absolute atomic E-state index is 11.2. The molecule has 6 nitrogen and oxygen atoms in total. The Kier molecular flexibility index (Phi) is 4.26. The van der Waals surface area contributed by atoms with Crippen LogP contribution in [0, 0.1) is 6.07 Å². The zero-order valence-electron chi connectivity index (χ0n) is 8.83. The number of hydrogen-bond acceptors (Lipinski definition) is 4. The van der Waals surface area contributed by atoms with Crippen LogP contribution in [0.4, 0.5) is 0 Å². The van der Waals surface area contributed by atoms with Crippen molar-refractivity contribution >= 4 is 20.1 Å². The Labute approximate surface area is 100 Å². The van der Waals surface area contributed by atoms with Gasteiger partial charge in [-0.15, -0.1) is 0 Å². The number of aryl methyl sites for hydroxylation is 1. The molecule has 0 aliphatic heterocycles. The fraction of sp³-hybridized carbons (Fsp3) is 0.333. The molecule has 0 unspecified atom stereocenters. The Bertz CT molecular complexity index is 592. The minimum absolute atomic E-state index is 0.110. The summed E-state index contributed by atoms with van der Waals surface area (Å²) in [4.78, 5) is -0.143. The lowest BCUT2D eigenvalue weighted by molar-refractivity contribution is 0.481. The molecule has 0 aromatic heterocycles. The molecule has 1 aromatic carbocycles. The van der Waals surface area contributed by atoms with E-state index in [1.807, 2.05) is 0 Å². The Morgan fingerprint density at radius 3 is 2.47 bits per heavy atom. The molecule has 0 bridgehead atoms. The minimum atomic E-state index is -4.03. The van der Waals surface area contributed by atoms with Gasteiger partial charge < -0.3 is 0 Å². The van der Waals surface area contributed by atoms with Crippen LogP contribution in [0.25, 0.3) is 0 Å². The van der Waals surface area contributed by atoms with Gasteiger partial charge in [0, 0.05) is 6.07 Å². The lowest BCUT2D eigenvalue weighted by Crippen LogP contribution is -2.15. The van der Waals surface area contributed by atoms with Gasteiger partial charge >= 0.3 is 0 Å². The molecule has 0 saturated heterocycles. The third-order valence-corrected chi connectivity index (χ3v) is 3.79. The fourth-order valence-corrected chi connectivity index (χ4v) is 2.64. The van der Waals surface area contributed by atoms with Crippen molar-refractivity contribution in [2.24, 2.45) is 5.14 Å². The lowest BCUT2D eigenvalue weighted by atomic mass is 10.1. The van der Waals surface area contributed by atoms with Crippen LogP contribution in [0.5, 0.6) is 0 Å². The van der Waals surface area contributed by atoms with Crippen LogP contribution in [0.15, 0.2) is 23.1 Å². The molecule has 0 spiro atoms. The molecule has 3 N–H and O–H groups in total. The predicted molar refractivity (Wildman–Crippen MR) is 61.4 cm³/mol. The zero-order valence-corrected chi connectivity index (χ0v) is 10.5. The molecule has 1 radical (unpaired) electrons. The van der Waals surface area contributed by atoms with Gasteiger partial charge in [-0.2, -0.15) is 8.42 Å². The lowest BCUT2D eigenvalue weighted by Gasteiger charge is -2.06.